The molecule has 1 fully saturated rings. The highest BCUT2D eigenvalue weighted by Gasteiger charge is 2.25. The van der Waals surface area contributed by atoms with E-state index < -0.39 is 5.82 Å². The van der Waals surface area contributed by atoms with E-state index in [0.717, 1.165) is 13.1 Å². The molecule has 1 aliphatic rings. The van der Waals surface area contributed by atoms with Gasteiger partial charge in [-0.15, -0.1) is 0 Å². The molecule has 5 heteroatoms. The smallest absolute Gasteiger partial charge is 0.225 e. The first-order valence-corrected chi connectivity index (χ1v) is 7.04. The number of hydrogen-bond acceptors (Lipinski definition) is 3. The number of nitrogens with two attached hydrogens (primary N) is 1. The van der Waals surface area contributed by atoms with Crippen molar-refractivity contribution < 1.29 is 9.18 Å². The Morgan fingerprint density at radius 2 is 2.25 bits per heavy atom. The first-order valence-electron chi connectivity index (χ1n) is 7.04. The summed E-state index contributed by atoms with van der Waals surface area (Å²) in [6.45, 7) is 6.22. The van der Waals surface area contributed by atoms with Crippen molar-refractivity contribution in [2.24, 2.45) is 5.92 Å². The van der Waals surface area contributed by atoms with Crippen LogP contribution in [0.1, 0.15) is 26.7 Å². The van der Waals surface area contributed by atoms with Crippen LogP contribution in [0.2, 0.25) is 0 Å². The molecular weight excluding hydrogens is 257 g/mol. The van der Waals surface area contributed by atoms with Crippen LogP contribution in [-0.4, -0.2) is 29.9 Å². The van der Waals surface area contributed by atoms with Gasteiger partial charge < -0.3 is 11.1 Å². The Morgan fingerprint density at radius 3 is 2.85 bits per heavy atom. The van der Waals surface area contributed by atoms with E-state index in [4.69, 9.17) is 5.73 Å². The SMILES string of the molecule is CC1CC(C)N(CCC(=O)Nc2ccc(F)cc2N)C1. The maximum absolute atomic E-state index is 12.9. The summed E-state index contributed by atoms with van der Waals surface area (Å²) in [4.78, 5) is 14.2. The van der Waals surface area contributed by atoms with Gasteiger partial charge in [-0.05, 0) is 37.5 Å². The lowest BCUT2D eigenvalue weighted by Gasteiger charge is -2.20. The molecule has 0 radical (unpaired) electrons. The maximum Gasteiger partial charge on any atom is 0.225 e. The van der Waals surface area contributed by atoms with Crippen molar-refractivity contribution in [2.75, 3.05) is 24.1 Å². The minimum Gasteiger partial charge on any atom is -0.397 e. The molecule has 4 nitrogen and oxygen atoms in total. The summed E-state index contributed by atoms with van der Waals surface area (Å²) in [5.74, 6) is 0.205. The largest absolute Gasteiger partial charge is 0.397 e. The van der Waals surface area contributed by atoms with Crippen LogP contribution in [0.4, 0.5) is 15.8 Å². The summed E-state index contributed by atoms with van der Waals surface area (Å²) in [5, 5.41) is 2.73. The predicted octanol–water partition coefficient (Wildman–Crippen LogP) is 2.47. The van der Waals surface area contributed by atoms with Crippen molar-refractivity contribution in [3.63, 3.8) is 0 Å². The van der Waals surface area contributed by atoms with Gasteiger partial charge in [-0.3, -0.25) is 9.69 Å². The topological polar surface area (TPSA) is 58.4 Å². The highest BCUT2D eigenvalue weighted by molar-refractivity contribution is 5.93. The van der Waals surface area contributed by atoms with Crippen molar-refractivity contribution in [2.45, 2.75) is 32.7 Å². The third-order valence-electron chi connectivity index (χ3n) is 3.83. The zero-order valence-electron chi connectivity index (χ0n) is 12.0. The number of nitrogens with zero attached hydrogens (tertiary/aromatic N) is 1. The average molecular weight is 279 g/mol. The summed E-state index contributed by atoms with van der Waals surface area (Å²) in [5.41, 5.74) is 6.39. The van der Waals surface area contributed by atoms with E-state index in [9.17, 15) is 9.18 Å². The van der Waals surface area contributed by atoms with Gasteiger partial charge in [0.05, 0.1) is 11.4 Å². The lowest BCUT2D eigenvalue weighted by atomic mass is 10.1. The molecule has 1 aromatic rings. The first kappa shape index (κ1) is 14.8. The number of nitrogen functional groups attached to an aromatic ring is 1. The molecule has 1 aliphatic heterocycles. The molecule has 0 spiro atoms. The molecule has 3 N–H and O–H groups in total. The summed E-state index contributed by atoms with van der Waals surface area (Å²) < 4.78 is 12.9. The van der Waals surface area contributed by atoms with Crippen molar-refractivity contribution in [3.05, 3.63) is 24.0 Å². The van der Waals surface area contributed by atoms with Crippen molar-refractivity contribution in [1.82, 2.24) is 4.90 Å². The van der Waals surface area contributed by atoms with Crippen LogP contribution < -0.4 is 11.1 Å². The molecule has 0 aliphatic carbocycles. The number of anilines is 2. The molecule has 2 rings (SSSR count). The van der Waals surface area contributed by atoms with Gasteiger partial charge in [0.2, 0.25) is 5.91 Å². The standard InChI is InChI=1S/C15H22FN3O/c1-10-7-11(2)19(9-10)6-5-15(20)18-14-4-3-12(16)8-13(14)17/h3-4,8,10-11H,5-7,9,17H2,1-2H3,(H,18,20). The van der Waals surface area contributed by atoms with Gasteiger partial charge in [0, 0.05) is 25.6 Å². The number of hydrogen-bond donors (Lipinski definition) is 2. The number of carbonyl (C=O) groups is 1. The predicted molar refractivity (Wildman–Crippen MR) is 78.9 cm³/mol. The Morgan fingerprint density at radius 1 is 1.50 bits per heavy atom. The number of rotatable bonds is 4. The average Bonchev–Trinajstić information content (AvgIpc) is 2.69. The van der Waals surface area contributed by atoms with Crippen LogP contribution in [0.3, 0.4) is 0 Å². The fourth-order valence-electron chi connectivity index (χ4n) is 2.80. The minimum absolute atomic E-state index is 0.0879. The third kappa shape index (κ3) is 3.70. The first-order chi connectivity index (χ1) is 9.45. The number of benzene rings is 1. The highest BCUT2D eigenvalue weighted by Crippen LogP contribution is 2.23. The van der Waals surface area contributed by atoms with E-state index in [-0.39, 0.29) is 11.6 Å². The van der Waals surface area contributed by atoms with Gasteiger partial charge in [-0.25, -0.2) is 4.39 Å². The second kappa shape index (κ2) is 6.22. The Balaban J connectivity index is 1.83. The third-order valence-corrected chi connectivity index (χ3v) is 3.83. The lowest BCUT2D eigenvalue weighted by Crippen LogP contribution is -2.30. The van der Waals surface area contributed by atoms with Gasteiger partial charge >= 0.3 is 0 Å². The number of carbonyl (C=O) groups excluding carboxylic acids is 1. The summed E-state index contributed by atoms with van der Waals surface area (Å²) in [6.07, 6.45) is 1.61. The number of nitrogens with one attached hydrogen (secondary N) is 1. The monoisotopic (exact) mass is 279 g/mol. The van der Waals surface area contributed by atoms with Crippen LogP contribution in [0, 0.1) is 11.7 Å². The van der Waals surface area contributed by atoms with E-state index in [1.165, 1.54) is 24.6 Å². The zero-order valence-corrected chi connectivity index (χ0v) is 12.0. The molecule has 2 atom stereocenters. The van der Waals surface area contributed by atoms with Crippen molar-refractivity contribution in [1.29, 1.82) is 0 Å². The normalized spacial score (nSPS) is 22.9. The van der Waals surface area contributed by atoms with Crippen LogP contribution in [0.5, 0.6) is 0 Å². The number of halogens is 1. The fraction of sp³-hybridized carbons (Fsp3) is 0.533. The number of likely N-dealkylation sites (tertiary alicyclic amines) is 1. The molecular formula is C15H22FN3O. The van der Waals surface area contributed by atoms with E-state index in [0.29, 0.717) is 24.1 Å². The summed E-state index contributed by atoms with van der Waals surface area (Å²) in [6, 6.07) is 4.52. The summed E-state index contributed by atoms with van der Waals surface area (Å²) in [7, 11) is 0. The zero-order chi connectivity index (χ0) is 14.7. The molecule has 20 heavy (non-hydrogen) atoms. The fourth-order valence-corrected chi connectivity index (χ4v) is 2.80. The van der Waals surface area contributed by atoms with Gasteiger partial charge in [0.25, 0.3) is 0 Å². The van der Waals surface area contributed by atoms with Crippen molar-refractivity contribution >= 4 is 17.3 Å². The minimum atomic E-state index is -0.402. The molecule has 0 bridgehead atoms. The quantitative estimate of drug-likeness (QED) is 0.832. The molecule has 2 unspecified atom stereocenters. The van der Waals surface area contributed by atoms with Crippen molar-refractivity contribution in [3.8, 4) is 0 Å². The van der Waals surface area contributed by atoms with Crippen LogP contribution >= 0.6 is 0 Å². The summed E-state index contributed by atoms with van der Waals surface area (Å²) >= 11 is 0. The molecule has 1 heterocycles. The Bertz CT molecular complexity index is 492. The maximum atomic E-state index is 12.9. The lowest BCUT2D eigenvalue weighted by molar-refractivity contribution is -0.116. The van der Waals surface area contributed by atoms with E-state index in [1.807, 2.05) is 0 Å². The van der Waals surface area contributed by atoms with Gasteiger partial charge in [0.1, 0.15) is 5.82 Å². The molecule has 1 amide bonds. The second-order valence-electron chi connectivity index (χ2n) is 5.71. The molecule has 0 saturated carbocycles. The van der Waals surface area contributed by atoms with Gasteiger partial charge in [-0.2, -0.15) is 0 Å². The van der Waals surface area contributed by atoms with Gasteiger partial charge in [0.15, 0.2) is 0 Å². The van der Waals surface area contributed by atoms with E-state index in [2.05, 4.69) is 24.1 Å². The molecule has 0 aromatic heterocycles. The van der Waals surface area contributed by atoms with E-state index in [1.54, 1.807) is 0 Å². The van der Waals surface area contributed by atoms with Crippen LogP contribution in [0.25, 0.3) is 0 Å². The molecule has 1 aromatic carbocycles. The second-order valence-corrected chi connectivity index (χ2v) is 5.71. The Labute approximate surface area is 119 Å². The van der Waals surface area contributed by atoms with Gasteiger partial charge in [-0.1, -0.05) is 6.92 Å². The Hall–Kier alpha value is -1.62. The number of amides is 1. The van der Waals surface area contributed by atoms with Crippen LogP contribution in [0.15, 0.2) is 18.2 Å². The Kier molecular flexibility index (Phi) is 4.60. The van der Waals surface area contributed by atoms with E-state index >= 15 is 0 Å². The molecule has 110 valence electrons. The molecule has 1 saturated heterocycles. The highest BCUT2D eigenvalue weighted by atomic mass is 19.1. The van der Waals surface area contributed by atoms with Crippen LogP contribution in [-0.2, 0) is 4.79 Å².